The third-order valence-corrected chi connectivity index (χ3v) is 6.00. The Morgan fingerprint density at radius 3 is 2.45 bits per heavy atom. The fourth-order valence-corrected chi connectivity index (χ4v) is 4.56. The molecule has 0 radical (unpaired) electrons. The summed E-state index contributed by atoms with van der Waals surface area (Å²) < 4.78 is 16.4. The van der Waals surface area contributed by atoms with Crippen LogP contribution in [0.5, 0.6) is 0 Å². The Morgan fingerprint density at radius 1 is 1.14 bits per heavy atom. The molecule has 2 aromatic heterocycles. The van der Waals surface area contributed by atoms with E-state index in [0.717, 1.165) is 15.6 Å². The van der Waals surface area contributed by atoms with Gasteiger partial charge in [0.2, 0.25) is 0 Å². The summed E-state index contributed by atoms with van der Waals surface area (Å²) in [6, 6.07) is 10.0. The lowest BCUT2D eigenvalue weighted by atomic mass is 10.1. The van der Waals surface area contributed by atoms with Gasteiger partial charge in [-0.05, 0) is 43.3 Å². The molecule has 2 heterocycles. The first-order chi connectivity index (χ1) is 13.8. The maximum absolute atomic E-state index is 14.7. The van der Waals surface area contributed by atoms with E-state index < -0.39 is 17.7 Å². The van der Waals surface area contributed by atoms with Crippen molar-refractivity contribution < 1.29 is 19.1 Å². The molecule has 0 amide bonds. The number of hydrogen-bond donors (Lipinski definition) is 1. The molecule has 0 unspecified atom stereocenters. The molecule has 0 aliphatic heterocycles. The SMILES string of the molecule is Cc1cc2c(s1)c(-c1ccc(C(=O)O)cc1F)nn2C(=O)c1c(Cl)cccc1Cl. The van der Waals surface area contributed by atoms with Crippen molar-refractivity contribution in [2.75, 3.05) is 0 Å². The molecule has 0 fully saturated rings. The number of rotatable bonds is 3. The Bertz CT molecular complexity index is 1290. The highest BCUT2D eigenvalue weighted by molar-refractivity contribution is 7.19. The zero-order valence-corrected chi connectivity index (χ0v) is 17.1. The second-order valence-electron chi connectivity index (χ2n) is 6.23. The molecular formula is C20H11Cl2FN2O3S. The van der Waals surface area contributed by atoms with E-state index in [4.69, 9.17) is 28.3 Å². The lowest BCUT2D eigenvalue weighted by Gasteiger charge is -2.06. The highest BCUT2D eigenvalue weighted by Crippen LogP contribution is 2.37. The smallest absolute Gasteiger partial charge is 0.335 e. The summed E-state index contributed by atoms with van der Waals surface area (Å²) in [6.07, 6.45) is 0. The molecule has 4 aromatic rings. The molecule has 5 nitrogen and oxygen atoms in total. The van der Waals surface area contributed by atoms with Gasteiger partial charge in [0.25, 0.3) is 5.91 Å². The van der Waals surface area contributed by atoms with E-state index in [2.05, 4.69) is 5.10 Å². The molecule has 4 rings (SSSR count). The van der Waals surface area contributed by atoms with Gasteiger partial charge in [0.05, 0.1) is 31.4 Å². The summed E-state index contributed by atoms with van der Waals surface area (Å²) in [5, 5.41) is 13.7. The first-order valence-electron chi connectivity index (χ1n) is 8.29. The van der Waals surface area contributed by atoms with Crippen molar-refractivity contribution in [2.45, 2.75) is 6.92 Å². The molecule has 9 heteroatoms. The van der Waals surface area contributed by atoms with Crippen LogP contribution in [-0.2, 0) is 0 Å². The van der Waals surface area contributed by atoms with Crippen LogP contribution < -0.4 is 0 Å². The molecule has 0 aliphatic rings. The van der Waals surface area contributed by atoms with Gasteiger partial charge in [-0.2, -0.15) is 9.78 Å². The predicted molar refractivity (Wildman–Crippen MR) is 111 cm³/mol. The number of aromatic nitrogens is 2. The molecule has 0 saturated carbocycles. The topological polar surface area (TPSA) is 72.2 Å². The van der Waals surface area contributed by atoms with E-state index in [0.29, 0.717) is 10.2 Å². The molecular weight excluding hydrogens is 438 g/mol. The third kappa shape index (κ3) is 3.31. The first-order valence-corrected chi connectivity index (χ1v) is 9.86. The minimum Gasteiger partial charge on any atom is -0.478 e. The van der Waals surface area contributed by atoms with Crippen LogP contribution in [0.1, 0.15) is 25.6 Å². The van der Waals surface area contributed by atoms with E-state index in [9.17, 15) is 14.0 Å². The molecule has 29 heavy (non-hydrogen) atoms. The fraction of sp³-hybridized carbons (Fsp3) is 0.0500. The zero-order valence-electron chi connectivity index (χ0n) is 14.7. The first kappa shape index (κ1) is 19.6. The number of carboxylic acids is 1. The fourth-order valence-electron chi connectivity index (χ4n) is 3.01. The van der Waals surface area contributed by atoms with Gasteiger partial charge in [-0.25, -0.2) is 9.18 Å². The number of fused-ring (bicyclic) bond motifs is 1. The predicted octanol–water partition coefficient (Wildman–Crippen LogP) is 5.91. The lowest BCUT2D eigenvalue weighted by molar-refractivity contribution is 0.0696. The summed E-state index contributed by atoms with van der Waals surface area (Å²) >= 11 is 13.7. The zero-order chi connectivity index (χ0) is 20.9. The minimum atomic E-state index is -1.23. The van der Waals surface area contributed by atoms with Gasteiger partial charge in [-0.1, -0.05) is 29.3 Å². The highest BCUT2D eigenvalue weighted by atomic mass is 35.5. The number of carbonyl (C=O) groups is 2. The van der Waals surface area contributed by atoms with E-state index in [1.807, 2.05) is 6.92 Å². The van der Waals surface area contributed by atoms with Gasteiger partial charge in [0.15, 0.2) is 0 Å². The maximum atomic E-state index is 14.7. The van der Waals surface area contributed by atoms with E-state index in [1.54, 1.807) is 24.3 Å². The van der Waals surface area contributed by atoms with Crippen LogP contribution in [0.3, 0.4) is 0 Å². The van der Waals surface area contributed by atoms with Gasteiger partial charge in [-0.15, -0.1) is 11.3 Å². The molecule has 0 spiro atoms. The Morgan fingerprint density at radius 2 is 1.83 bits per heavy atom. The Kier molecular flexibility index (Phi) is 4.90. The largest absolute Gasteiger partial charge is 0.478 e. The van der Waals surface area contributed by atoms with Crippen molar-refractivity contribution in [1.29, 1.82) is 0 Å². The average molecular weight is 449 g/mol. The monoisotopic (exact) mass is 448 g/mol. The molecule has 146 valence electrons. The quantitative estimate of drug-likeness (QED) is 0.422. The van der Waals surface area contributed by atoms with Gasteiger partial charge in [0, 0.05) is 10.4 Å². The molecule has 1 N–H and O–H groups in total. The van der Waals surface area contributed by atoms with Crippen molar-refractivity contribution in [3.05, 3.63) is 74.3 Å². The van der Waals surface area contributed by atoms with Gasteiger partial charge >= 0.3 is 5.97 Å². The van der Waals surface area contributed by atoms with Crippen molar-refractivity contribution in [3.63, 3.8) is 0 Å². The number of halogens is 3. The average Bonchev–Trinajstić information content (AvgIpc) is 3.18. The molecule has 2 aromatic carbocycles. The van der Waals surface area contributed by atoms with Gasteiger partial charge in [-0.3, -0.25) is 4.79 Å². The molecule has 0 bridgehead atoms. The second-order valence-corrected chi connectivity index (χ2v) is 8.30. The van der Waals surface area contributed by atoms with E-state index >= 15 is 0 Å². The molecule has 0 aliphatic carbocycles. The van der Waals surface area contributed by atoms with Crippen molar-refractivity contribution in [3.8, 4) is 11.3 Å². The summed E-state index contributed by atoms with van der Waals surface area (Å²) in [6.45, 7) is 1.86. The summed E-state index contributed by atoms with van der Waals surface area (Å²) in [5.41, 5.74) is 0.744. The van der Waals surface area contributed by atoms with Crippen molar-refractivity contribution >= 4 is 56.6 Å². The van der Waals surface area contributed by atoms with Crippen LogP contribution in [0.25, 0.3) is 21.5 Å². The molecule has 0 atom stereocenters. The van der Waals surface area contributed by atoms with Crippen LogP contribution in [-0.4, -0.2) is 26.8 Å². The van der Waals surface area contributed by atoms with Crippen LogP contribution in [0.4, 0.5) is 4.39 Å². The van der Waals surface area contributed by atoms with E-state index in [1.165, 1.54) is 23.5 Å². The summed E-state index contributed by atoms with van der Waals surface area (Å²) in [4.78, 5) is 25.1. The Hall–Kier alpha value is -2.74. The van der Waals surface area contributed by atoms with Crippen LogP contribution >= 0.6 is 34.5 Å². The molecule has 0 saturated heterocycles. The summed E-state index contributed by atoms with van der Waals surface area (Å²) in [7, 11) is 0. The number of hydrogen-bond acceptors (Lipinski definition) is 4. The normalized spacial score (nSPS) is 11.2. The minimum absolute atomic E-state index is 0.0948. The number of nitrogens with zero attached hydrogens (tertiary/aromatic N) is 2. The Labute approximate surface area is 177 Å². The lowest BCUT2D eigenvalue weighted by Crippen LogP contribution is -2.14. The standard InChI is InChI=1S/C20H11Cl2FN2O3S/c1-9-7-15-18(29-9)17(11-6-5-10(20(27)28)8-14(11)23)24-25(15)19(26)16-12(21)3-2-4-13(16)22/h2-8H,1H3,(H,27,28). The number of aromatic carboxylic acids is 1. The number of benzene rings is 2. The number of carbonyl (C=O) groups excluding carboxylic acids is 1. The van der Waals surface area contributed by atoms with E-state index in [-0.39, 0.29) is 32.4 Å². The second kappa shape index (κ2) is 7.26. The maximum Gasteiger partial charge on any atom is 0.335 e. The summed E-state index contributed by atoms with van der Waals surface area (Å²) in [5.74, 6) is -2.52. The van der Waals surface area contributed by atoms with Crippen LogP contribution in [0.2, 0.25) is 10.0 Å². The number of aryl methyl sites for hydroxylation is 1. The Balaban J connectivity index is 1.93. The van der Waals surface area contributed by atoms with Gasteiger partial charge in [0.1, 0.15) is 11.5 Å². The highest BCUT2D eigenvalue weighted by Gasteiger charge is 2.25. The van der Waals surface area contributed by atoms with Crippen LogP contribution in [0, 0.1) is 12.7 Å². The van der Waals surface area contributed by atoms with Crippen LogP contribution in [0.15, 0.2) is 42.5 Å². The van der Waals surface area contributed by atoms with Gasteiger partial charge < -0.3 is 5.11 Å². The number of thiophene rings is 1. The number of carboxylic acid groups (broad SMARTS) is 1. The van der Waals surface area contributed by atoms with Crippen molar-refractivity contribution in [2.24, 2.45) is 0 Å². The third-order valence-electron chi connectivity index (χ3n) is 4.32. The van der Waals surface area contributed by atoms with Crippen molar-refractivity contribution in [1.82, 2.24) is 9.78 Å².